The molecule has 0 saturated heterocycles. The number of nitrogens with zero attached hydrogens (tertiary/aromatic N) is 1. The van der Waals surface area contributed by atoms with Crippen LogP contribution in [0.25, 0.3) is 0 Å². The standard InChI is InChI=1S/C9H17NO/c1-2-9-3-5-10(6-4-9)7-8-11/h3,11H,2,4-8H2,1H3. The molecule has 0 radical (unpaired) electrons. The fourth-order valence-corrected chi connectivity index (χ4v) is 1.42. The smallest absolute Gasteiger partial charge is 0.0558 e. The third-order valence-corrected chi connectivity index (χ3v) is 2.26. The summed E-state index contributed by atoms with van der Waals surface area (Å²) in [5.74, 6) is 0. The summed E-state index contributed by atoms with van der Waals surface area (Å²) >= 11 is 0. The predicted octanol–water partition coefficient (Wildman–Crippen LogP) is 1.02. The Morgan fingerprint density at radius 3 is 2.91 bits per heavy atom. The maximum absolute atomic E-state index is 8.68. The SMILES string of the molecule is CCC1=CCN(CCO)CC1. The number of hydrogen-bond donors (Lipinski definition) is 1. The Kier molecular flexibility index (Phi) is 3.60. The molecular formula is C9H17NO. The lowest BCUT2D eigenvalue weighted by atomic mass is 10.1. The molecule has 1 heterocycles. The van der Waals surface area contributed by atoms with Crippen LogP contribution in [-0.4, -0.2) is 36.2 Å². The highest BCUT2D eigenvalue weighted by Crippen LogP contribution is 2.12. The van der Waals surface area contributed by atoms with Crippen LogP contribution in [0.15, 0.2) is 11.6 Å². The quantitative estimate of drug-likeness (QED) is 0.615. The lowest BCUT2D eigenvalue weighted by Gasteiger charge is -2.24. The van der Waals surface area contributed by atoms with Crippen molar-refractivity contribution in [2.75, 3.05) is 26.2 Å². The van der Waals surface area contributed by atoms with Gasteiger partial charge in [-0.25, -0.2) is 0 Å². The zero-order chi connectivity index (χ0) is 8.10. The summed E-state index contributed by atoms with van der Waals surface area (Å²) in [7, 11) is 0. The summed E-state index contributed by atoms with van der Waals surface area (Å²) in [5, 5.41) is 8.68. The van der Waals surface area contributed by atoms with Crippen molar-refractivity contribution in [2.45, 2.75) is 19.8 Å². The first-order chi connectivity index (χ1) is 5.36. The van der Waals surface area contributed by atoms with E-state index >= 15 is 0 Å². The summed E-state index contributed by atoms with van der Waals surface area (Å²) in [5.41, 5.74) is 1.57. The molecule has 0 aromatic heterocycles. The first kappa shape index (κ1) is 8.75. The van der Waals surface area contributed by atoms with E-state index in [0.29, 0.717) is 0 Å². The summed E-state index contributed by atoms with van der Waals surface area (Å²) in [6.45, 7) is 5.47. The molecule has 1 aliphatic rings. The highest BCUT2D eigenvalue weighted by Gasteiger charge is 2.08. The van der Waals surface area contributed by atoms with Gasteiger partial charge in [-0.1, -0.05) is 18.6 Å². The van der Waals surface area contributed by atoms with E-state index in [2.05, 4.69) is 17.9 Å². The Labute approximate surface area is 68.5 Å². The largest absolute Gasteiger partial charge is 0.395 e. The minimum Gasteiger partial charge on any atom is -0.395 e. The van der Waals surface area contributed by atoms with E-state index in [1.807, 2.05) is 0 Å². The molecule has 0 unspecified atom stereocenters. The fourth-order valence-electron chi connectivity index (χ4n) is 1.42. The van der Waals surface area contributed by atoms with Gasteiger partial charge in [0.2, 0.25) is 0 Å². The molecule has 0 aromatic carbocycles. The summed E-state index contributed by atoms with van der Waals surface area (Å²) in [4.78, 5) is 2.28. The third-order valence-electron chi connectivity index (χ3n) is 2.26. The molecule has 0 saturated carbocycles. The minimum absolute atomic E-state index is 0.287. The molecule has 1 rings (SSSR count). The van der Waals surface area contributed by atoms with Crippen LogP contribution in [0.1, 0.15) is 19.8 Å². The van der Waals surface area contributed by atoms with Gasteiger partial charge in [0.15, 0.2) is 0 Å². The maximum atomic E-state index is 8.68. The van der Waals surface area contributed by atoms with Crippen molar-refractivity contribution in [1.29, 1.82) is 0 Å². The summed E-state index contributed by atoms with van der Waals surface area (Å²) in [6.07, 6.45) is 4.67. The van der Waals surface area contributed by atoms with Crippen LogP contribution in [0.4, 0.5) is 0 Å². The molecule has 0 aromatic rings. The molecule has 11 heavy (non-hydrogen) atoms. The van der Waals surface area contributed by atoms with Crippen molar-refractivity contribution >= 4 is 0 Å². The average Bonchev–Trinajstić information content (AvgIpc) is 2.07. The second kappa shape index (κ2) is 4.52. The average molecular weight is 155 g/mol. The highest BCUT2D eigenvalue weighted by molar-refractivity contribution is 5.06. The van der Waals surface area contributed by atoms with Gasteiger partial charge in [0.25, 0.3) is 0 Å². The monoisotopic (exact) mass is 155 g/mol. The summed E-state index contributed by atoms with van der Waals surface area (Å²) in [6, 6.07) is 0. The van der Waals surface area contributed by atoms with Crippen LogP contribution < -0.4 is 0 Å². The van der Waals surface area contributed by atoms with Crippen LogP contribution in [-0.2, 0) is 0 Å². The lowest BCUT2D eigenvalue weighted by molar-refractivity contribution is 0.204. The van der Waals surface area contributed by atoms with Crippen molar-refractivity contribution in [3.63, 3.8) is 0 Å². The van der Waals surface area contributed by atoms with Gasteiger partial charge >= 0.3 is 0 Å². The molecular weight excluding hydrogens is 138 g/mol. The zero-order valence-electron chi connectivity index (χ0n) is 7.21. The Bertz CT molecular complexity index is 142. The van der Waals surface area contributed by atoms with Gasteiger partial charge in [0.05, 0.1) is 6.61 Å². The van der Waals surface area contributed by atoms with E-state index in [4.69, 9.17) is 5.11 Å². The van der Waals surface area contributed by atoms with Gasteiger partial charge < -0.3 is 5.11 Å². The van der Waals surface area contributed by atoms with E-state index in [-0.39, 0.29) is 6.61 Å². The Morgan fingerprint density at radius 2 is 2.45 bits per heavy atom. The van der Waals surface area contributed by atoms with Gasteiger partial charge in [-0.3, -0.25) is 4.90 Å². The predicted molar refractivity (Wildman–Crippen MR) is 46.5 cm³/mol. The van der Waals surface area contributed by atoms with Crippen molar-refractivity contribution in [3.8, 4) is 0 Å². The minimum atomic E-state index is 0.287. The molecule has 1 N–H and O–H groups in total. The Balaban J connectivity index is 2.29. The van der Waals surface area contributed by atoms with Gasteiger partial charge in [-0.05, 0) is 12.8 Å². The van der Waals surface area contributed by atoms with Gasteiger partial charge in [0, 0.05) is 19.6 Å². The molecule has 0 atom stereocenters. The molecule has 0 aliphatic carbocycles. The van der Waals surface area contributed by atoms with Gasteiger partial charge in [-0.2, -0.15) is 0 Å². The number of hydrogen-bond acceptors (Lipinski definition) is 2. The van der Waals surface area contributed by atoms with Crippen molar-refractivity contribution < 1.29 is 5.11 Å². The molecule has 2 heteroatoms. The number of aliphatic hydroxyl groups is 1. The van der Waals surface area contributed by atoms with Gasteiger partial charge in [-0.15, -0.1) is 0 Å². The van der Waals surface area contributed by atoms with Crippen molar-refractivity contribution in [2.24, 2.45) is 0 Å². The third kappa shape index (κ3) is 2.64. The van der Waals surface area contributed by atoms with E-state index in [1.54, 1.807) is 5.57 Å². The number of β-amino-alcohol motifs (C(OH)–C–C–N with tert-alkyl or cyclic N) is 1. The van der Waals surface area contributed by atoms with E-state index in [0.717, 1.165) is 19.6 Å². The van der Waals surface area contributed by atoms with Crippen LogP contribution in [0.5, 0.6) is 0 Å². The van der Waals surface area contributed by atoms with Crippen molar-refractivity contribution in [1.82, 2.24) is 4.90 Å². The molecule has 0 fully saturated rings. The fraction of sp³-hybridized carbons (Fsp3) is 0.778. The second-order valence-electron chi connectivity index (χ2n) is 2.99. The molecule has 2 nitrogen and oxygen atoms in total. The zero-order valence-corrected chi connectivity index (χ0v) is 7.21. The van der Waals surface area contributed by atoms with Gasteiger partial charge in [0.1, 0.15) is 0 Å². The second-order valence-corrected chi connectivity index (χ2v) is 2.99. The molecule has 64 valence electrons. The van der Waals surface area contributed by atoms with Crippen LogP contribution in [0.2, 0.25) is 0 Å². The first-order valence-electron chi connectivity index (χ1n) is 4.38. The van der Waals surface area contributed by atoms with Crippen LogP contribution in [0.3, 0.4) is 0 Å². The van der Waals surface area contributed by atoms with E-state index in [1.165, 1.54) is 12.8 Å². The highest BCUT2D eigenvalue weighted by atomic mass is 16.3. The van der Waals surface area contributed by atoms with E-state index in [9.17, 15) is 0 Å². The Hall–Kier alpha value is -0.340. The molecule has 1 aliphatic heterocycles. The van der Waals surface area contributed by atoms with Crippen molar-refractivity contribution in [3.05, 3.63) is 11.6 Å². The number of rotatable bonds is 3. The topological polar surface area (TPSA) is 23.5 Å². The van der Waals surface area contributed by atoms with Crippen LogP contribution in [0, 0.1) is 0 Å². The van der Waals surface area contributed by atoms with E-state index < -0.39 is 0 Å². The summed E-state index contributed by atoms with van der Waals surface area (Å²) < 4.78 is 0. The number of aliphatic hydroxyl groups excluding tert-OH is 1. The molecule has 0 spiro atoms. The van der Waals surface area contributed by atoms with Crippen LogP contribution >= 0.6 is 0 Å². The molecule has 0 bridgehead atoms. The lowest BCUT2D eigenvalue weighted by Crippen LogP contribution is -2.31. The maximum Gasteiger partial charge on any atom is 0.0558 e. The Morgan fingerprint density at radius 1 is 1.64 bits per heavy atom. The normalized spacial score (nSPS) is 20.0. The first-order valence-corrected chi connectivity index (χ1v) is 4.38. The molecule has 0 amide bonds.